The van der Waals surface area contributed by atoms with Crippen molar-refractivity contribution in [3.8, 4) is 32.6 Å². The van der Waals surface area contributed by atoms with E-state index in [9.17, 15) is 69.3 Å². The van der Waals surface area contributed by atoms with E-state index >= 15 is 0 Å². The van der Waals surface area contributed by atoms with Crippen LogP contribution >= 0.6 is 11.3 Å². The average Bonchev–Trinajstić information content (AvgIpc) is 1.72. The van der Waals surface area contributed by atoms with Crippen molar-refractivity contribution in [1.82, 2.24) is 46.6 Å². The van der Waals surface area contributed by atoms with Gasteiger partial charge < -0.3 is 98.0 Å². The lowest BCUT2D eigenvalue weighted by Gasteiger charge is -2.34. The molecule has 4 fully saturated rings. The number of carbonyl (C=O) groups is 7. The normalized spacial score (nSPS) is 25.8. The highest BCUT2D eigenvalue weighted by Gasteiger charge is 2.50. The lowest BCUT2D eigenvalue weighted by Crippen LogP contribution is -2.64. The third-order valence-electron chi connectivity index (χ3n) is 17.1. The van der Waals surface area contributed by atoms with Gasteiger partial charge in [-0.2, -0.15) is 0 Å². The number of ether oxygens (including phenoxy) is 2. The molecule has 13 atom stereocenters. The third kappa shape index (κ3) is 17.1. The molecule has 93 heavy (non-hydrogen) atoms. The van der Waals surface area contributed by atoms with Crippen molar-refractivity contribution in [3.05, 3.63) is 114 Å². The van der Waals surface area contributed by atoms with E-state index in [0.717, 1.165) is 59.5 Å². The second kappa shape index (κ2) is 31.6. The van der Waals surface area contributed by atoms with Crippen LogP contribution in [0.15, 0.2) is 97.1 Å². The minimum Gasteiger partial charge on any atom is -0.504 e. The number of nitrogens with one attached hydrogen (secondary N) is 5. The predicted molar refractivity (Wildman–Crippen MR) is 338 cm³/mol. The van der Waals surface area contributed by atoms with Crippen molar-refractivity contribution < 1.29 is 78.8 Å². The highest BCUT2D eigenvalue weighted by Crippen LogP contribution is 2.33. The van der Waals surface area contributed by atoms with Crippen LogP contribution in [0, 0.1) is 5.92 Å². The number of aromatic hydroxyl groups is 1. The molecule has 9 rings (SSSR count). The van der Waals surface area contributed by atoms with E-state index in [1.54, 1.807) is 12.1 Å². The summed E-state index contributed by atoms with van der Waals surface area (Å²) in [6.07, 6.45) is -9.87. The van der Waals surface area contributed by atoms with Crippen LogP contribution in [0.2, 0.25) is 0 Å². The van der Waals surface area contributed by atoms with Crippen molar-refractivity contribution >= 4 is 58.4 Å². The quantitative estimate of drug-likeness (QED) is 0.0470. The van der Waals surface area contributed by atoms with Gasteiger partial charge >= 0.3 is 0 Å². The lowest BCUT2D eigenvalue weighted by atomic mass is 9.98. The maximum Gasteiger partial charge on any atom is 0.251 e. The van der Waals surface area contributed by atoms with Crippen molar-refractivity contribution in [2.75, 3.05) is 57.3 Å². The van der Waals surface area contributed by atoms with E-state index < -0.39 is 152 Å². The van der Waals surface area contributed by atoms with Gasteiger partial charge in [0.05, 0.1) is 49.3 Å². The Balaban J connectivity index is 0.941. The van der Waals surface area contributed by atoms with Gasteiger partial charge in [-0.3, -0.25) is 33.6 Å². The summed E-state index contributed by atoms with van der Waals surface area (Å²) in [7, 11) is 0. The molecule has 0 bridgehead atoms. The Bertz CT molecular complexity index is 3400. The van der Waals surface area contributed by atoms with Gasteiger partial charge in [0.1, 0.15) is 52.9 Å². The molecule has 1 aromatic heterocycles. The monoisotopic (exact) mass is 1310 g/mol. The number of phenols is 1. The zero-order valence-electron chi connectivity index (χ0n) is 51.5. The maximum absolute atomic E-state index is 14.7. The van der Waals surface area contributed by atoms with E-state index in [1.807, 2.05) is 30.3 Å². The summed E-state index contributed by atoms with van der Waals surface area (Å²) in [4.78, 5) is 106. The molecule has 500 valence electrons. The predicted octanol–water partition coefficient (Wildman–Crippen LogP) is -1.60. The Morgan fingerprint density at radius 2 is 1.37 bits per heavy atom. The average molecular weight is 1310 g/mol. The molecule has 4 aromatic carbocycles. The first-order valence-electron chi connectivity index (χ1n) is 31.1. The number of amides is 7. The summed E-state index contributed by atoms with van der Waals surface area (Å²) in [6, 6.07) is 17.4. The third-order valence-corrected chi connectivity index (χ3v) is 18.1. The second-order valence-corrected chi connectivity index (χ2v) is 25.0. The van der Waals surface area contributed by atoms with Gasteiger partial charge in [-0.25, -0.2) is 0 Å². The largest absolute Gasteiger partial charge is 0.504 e. The van der Waals surface area contributed by atoms with Gasteiger partial charge in [0, 0.05) is 86.8 Å². The van der Waals surface area contributed by atoms with Crippen molar-refractivity contribution in [1.29, 1.82) is 0 Å². The molecule has 28 nitrogen and oxygen atoms in total. The number of aliphatic hydroxyl groups excluding tert-OH is 6. The first kappa shape index (κ1) is 69.1. The molecule has 0 radical (unpaired) electrons. The number of hydrogen-bond donors (Lipinski definition) is 14. The molecule has 4 aliphatic heterocycles. The number of β-amino-alcohol motifs (C(OH)–C–C–N with tert-alkyl or cyclic N) is 1. The van der Waals surface area contributed by atoms with Crippen LogP contribution < -0.4 is 47.7 Å². The van der Waals surface area contributed by atoms with Crippen molar-refractivity contribution in [3.63, 3.8) is 0 Å². The Kier molecular flexibility index (Phi) is 23.5. The van der Waals surface area contributed by atoms with E-state index in [0.29, 0.717) is 22.2 Å². The number of rotatable bonds is 18. The molecule has 7 amide bonds. The Morgan fingerprint density at radius 1 is 0.720 bits per heavy atom. The zero-order valence-corrected chi connectivity index (χ0v) is 52.3. The molecule has 0 aliphatic carbocycles. The number of piperidine rings is 1. The van der Waals surface area contributed by atoms with Crippen LogP contribution in [0.25, 0.3) is 21.1 Å². The number of nitrogens with two attached hydrogens (primary N) is 2. The first-order valence-corrected chi connectivity index (χ1v) is 31.9. The van der Waals surface area contributed by atoms with Crippen LogP contribution in [0.3, 0.4) is 0 Å². The van der Waals surface area contributed by atoms with Gasteiger partial charge in [0.2, 0.25) is 35.4 Å². The summed E-state index contributed by atoms with van der Waals surface area (Å²) in [5.74, 6) is -8.65. The number of phenolic OH excluding ortho intramolecular Hbond substituents is 1. The second-order valence-electron chi connectivity index (χ2n) is 24.0. The molecule has 5 heterocycles. The molecule has 0 unspecified atom stereocenters. The molecule has 4 aliphatic rings. The molecule has 5 aromatic rings. The maximum atomic E-state index is 14.7. The van der Waals surface area contributed by atoms with E-state index in [2.05, 4.69) is 65.9 Å². The lowest BCUT2D eigenvalue weighted by molar-refractivity contribution is -0.147. The smallest absolute Gasteiger partial charge is 0.251 e. The SMILES string of the molecule is C[C@@H](O)[C@@H]1NC(=O)[C@@H](NC(=O)c2ccc(-c3nnc(-c4ccc(N5CCC(OCc6ccccc6)CC5)cc4)s3)cc2)C[C@@H](O)CNC(=O)[C@@H]2[C@@H](O)[C@@H](C)CN2C(=O)[C@H]([C@H](O)CCN)NC(=O)[C@H]([C@H](O)Cc2ccc(O)c(OCCN)c2)NC(=O)[C@@H]2C[C@@H](O)CN2C1=O. The van der Waals surface area contributed by atoms with Crippen LogP contribution in [0.5, 0.6) is 11.5 Å². The summed E-state index contributed by atoms with van der Waals surface area (Å²) in [5.41, 5.74) is 15.4. The van der Waals surface area contributed by atoms with Crippen molar-refractivity contribution in [2.24, 2.45) is 17.4 Å². The minimum absolute atomic E-state index is 0.00582. The number of anilines is 1. The number of fused-ring (bicyclic) bond motifs is 2. The van der Waals surface area contributed by atoms with E-state index in [-0.39, 0.29) is 61.4 Å². The highest BCUT2D eigenvalue weighted by atomic mass is 32.1. The highest BCUT2D eigenvalue weighted by molar-refractivity contribution is 7.17. The van der Waals surface area contributed by atoms with Crippen LogP contribution in [-0.4, -0.2) is 228 Å². The zero-order chi connectivity index (χ0) is 66.6. The fraction of sp³-hybridized carbons (Fsp3) is 0.484. The number of nitrogens with zero attached hydrogens (tertiary/aromatic N) is 5. The standard InChI is InChI=1S/C64H82N12O16S/c1-34-31-76-54(55(34)83)60(88)67-30-42(78)28-45(68-56(84)38-9-11-39(12-10-38)61-72-73-62(93-61)40-13-15-41(16-14-40)74-23-19-44(20-24-74)92-33-36-6-4-3-5-7-36)57(85)69-51(35(2)77)63(89)75-32-43(79)29-46(75)58(86)70-52(59(87)71-53(64(76)90)48(81)18-21-65)49(82)26-37-8-17-47(80)50(27-37)91-25-22-66/h3-17,27,34-35,42-46,48-49,51-55,77-83H,18-26,28-33,65-66H2,1-2H3,(H,67,88)(H,68,84)(H,69,85)(H,70,86)(H,71,87)/t34-,35+,42+,43+,45-,46-,48+,49+,51-,52-,53-,54-,55-/m0/s1. The summed E-state index contributed by atoms with van der Waals surface area (Å²) < 4.78 is 11.7. The summed E-state index contributed by atoms with van der Waals surface area (Å²) >= 11 is 1.33. The fourth-order valence-corrected chi connectivity index (χ4v) is 12.8. The molecule has 16 N–H and O–H groups in total. The van der Waals surface area contributed by atoms with Gasteiger partial charge in [0.25, 0.3) is 5.91 Å². The Hall–Kier alpha value is -8.23. The number of benzene rings is 4. The van der Waals surface area contributed by atoms with Crippen LogP contribution in [0.1, 0.15) is 67.4 Å². The molecular formula is C64H82N12O16S. The van der Waals surface area contributed by atoms with E-state index in [1.165, 1.54) is 48.6 Å². The summed E-state index contributed by atoms with van der Waals surface area (Å²) in [6.45, 7) is 3.36. The molecule has 0 spiro atoms. The Morgan fingerprint density at radius 3 is 2.02 bits per heavy atom. The number of carbonyl (C=O) groups excluding carboxylic acids is 7. The first-order chi connectivity index (χ1) is 44.6. The summed E-state index contributed by atoms with van der Waals surface area (Å²) in [5, 5.41) is 101. The van der Waals surface area contributed by atoms with Gasteiger partial charge in [-0.1, -0.05) is 66.8 Å². The van der Waals surface area contributed by atoms with Crippen LogP contribution in [-0.2, 0) is 46.5 Å². The molecule has 0 saturated carbocycles. The number of aliphatic hydroxyl groups is 6. The van der Waals surface area contributed by atoms with Gasteiger partial charge in [0.15, 0.2) is 11.5 Å². The molecular weight excluding hydrogens is 1220 g/mol. The van der Waals surface area contributed by atoms with Crippen molar-refractivity contribution in [2.45, 2.75) is 138 Å². The number of aromatic nitrogens is 2. The Labute approximate surface area is 540 Å². The van der Waals surface area contributed by atoms with Crippen LogP contribution in [0.4, 0.5) is 5.69 Å². The minimum atomic E-state index is -2.04. The van der Waals surface area contributed by atoms with E-state index in [4.69, 9.17) is 20.9 Å². The number of hydrogen-bond acceptors (Lipinski definition) is 22. The fourth-order valence-electron chi connectivity index (χ4n) is 11.9. The molecule has 29 heteroatoms. The topological polar surface area (TPSA) is 427 Å². The molecule has 4 saturated heterocycles. The van der Waals surface area contributed by atoms with Gasteiger partial charge in [-0.05, 0) is 92.4 Å². The van der Waals surface area contributed by atoms with Gasteiger partial charge in [-0.15, -0.1) is 10.2 Å².